The number of anilines is 1. The summed E-state index contributed by atoms with van der Waals surface area (Å²) in [5, 5.41) is 26.0. The molecule has 2 atom stereocenters. The average molecular weight is 447 g/mol. The van der Waals surface area contributed by atoms with Crippen molar-refractivity contribution in [2.75, 3.05) is 11.9 Å². The molecule has 2 amide bonds. The Kier molecular flexibility index (Phi) is 7.54. The monoisotopic (exact) mass is 446 g/mol. The molecule has 0 heterocycles. The van der Waals surface area contributed by atoms with Gasteiger partial charge in [0.1, 0.15) is 6.61 Å². The SMILES string of the molecule is CCc1ccc(NC(=O)OCC2(C(=O)NCc3ccccc3Cl)CC(O)C(O)C2)cc1. The number of rotatable bonds is 7. The Balaban J connectivity index is 1.63. The van der Waals surface area contributed by atoms with Gasteiger partial charge in [0.15, 0.2) is 0 Å². The molecule has 2 unspecified atom stereocenters. The Labute approximate surface area is 186 Å². The lowest BCUT2D eigenvalue weighted by Gasteiger charge is -2.27. The fraction of sp³-hybridized carbons (Fsp3) is 0.391. The Morgan fingerprint density at radius 3 is 2.35 bits per heavy atom. The molecule has 0 saturated heterocycles. The van der Waals surface area contributed by atoms with Crippen LogP contribution in [0.15, 0.2) is 48.5 Å². The Morgan fingerprint density at radius 2 is 1.74 bits per heavy atom. The number of aliphatic hydroxyl groups is 2. The average Bonchev–Trinajstić information content (AvgIpc) is 3.07. The van der Waals surface area contributed by atoms with E-state index in [1.165, 1.54) is 0 Å². The van der Waals surface area contributed by atoms with Crippen LogP contribution in [0.1, 0.15) is 30.9 Å². The van der Waals surface area contributed by atoms with E-state index in [1.54, 1.807) is 30.3 Å². The van der Waals surface area contributed by atoms with Gasteiger partial charge in [0.05, 0.1) is 17.6 Å². The van der Waals surface area contributed by atoms with Gasteiger partial charge in [-0.25, -0.2) is 4.79 Å². The number of ether oxygens (including phenoxy) is 1. The van der Waals surface area contributed by atoms with Gasteiger partial charge in [-0.2, -0.15) is 0 Å². The fourth-order valence-electron chi connectivity index (χ4n) is 3.71. The van der Waals surface area contributed by atoms with Crippen molar-refractivity contribution in [3.8, 4) is 0 Å². The van der Waals surface area contributed by atoms with Crippen LogP contribution in [0.3, 0.4) is 0 Å². The first-order valence-electron chi connectivity index (χ1n) is 10.2. The Bertz CT molecular complexity index is 908. The summed E-state index contributed by atoms with van der Waals surface area (Å²) < 4.78 is 5.32. The van der Waals surface area contributed by atoms with Crippen molar-refractivity contribution in [1.82, 2.24) is 5.32 Å². The maximum Gasteiger partial charge on any atom is 0.411 e. The number of hydrogen-bond donors (Lipinski definition) is 4. The smallest absolute Gasteiger partial charge is 0.411 e. The molecule has 0 bridgehead atoms. The van der Waals surface area contributed by atoms with E-state index >= 15 is 0 Å². The van der Waals surface area contributed by atoms with E-state index in [1.807, 2.05) is 25.1 Å². The third kappa shape index (κ3) is 5.76. The summed E-state index contributed by atoms with van der Waals surface area (Å²) in [4.78, 5) is 25.3. The maximum atomic E-state index is 13.0. The second-order valence-electron chi connectivity index (χ2n) is 7.85. The summed E-state index contributed by atoms with van der Waals surface area (Å²) >= 11 is 6.14. The summed E-state index contributed by atoms with van der Waals surface area (Å²) in [6, 6.07) is 14.5. The first-order chi connectivity index (χ1) is 14.8. The van der Waals surface area contributed by atoms with Gasteiger partial charge in [0.2, 0.25) is 5.91 Å². The summed E-state index contributed by atoms with van der Waals surface area (Å²) in [7, 11) is 0. The number of amides is 2. The Hall–Kier alpha value is -2.61. The third-order valence-corrected chi connectivity index (χ3v) is 5.98. The lowest BCUT2D eigenvalue weighted by atomic mass is 9.85. The molecule has 1 aliphatic rings. The highest BCUT2D eigenvalue weighted by Crippen LogP contribution is 2.39. The molecule has 4 N–H and O–H groups in total. The number of hydrogen-bond acceptors (Lipinski definition) is 5. The lowest BCUT2D eigenvalue weighted by Crippen LogP contribution is -2.43. The summed E-state index contributed by atoms with van der Waals surface area (Å²) in [6.07, 6.45) is -1.99. The number of benzene rings is 2. The quantitative estimate of drug-likeness (QED) is 0.522. The lowest BCUT2D eigenvalue weighted by molar-refractivity contribution is -0.134. The van der Waals surface area contributed by atoms with Crippen LogP contribution in [0.4, 0.5) is 10.5 Å². The van der Waals surface area contributed by atoms with Gasteiger partial charge in [0, 0.05) is 17.3 Å². The predicted molar refractivity (Wildman–Crippen MR) is 118 cm³/mol. The molecular formula is C23H27ClN2O5. The van der Waals surface area contributed by atoms with Crippen molar-refractivity contribution in [2.24, 2.45) is 5.41 Å². The number of carbonyl (C=O) groups is 2. The highest BCUT2D eigenvalue weighted by molar-refractivity contribution is 6.31. The van der Waals surface area contributed by atoms with Crippen LogP contribution in [0, 0.1) is 5.41 Å². The van der Waals surface area contributed by atoms with E-state index in [-0.39, 0.29) is 26.0 Å². The second-order valence-corrected chi connectivity index (χ2v) is 8.26. The zero-order chi connectivity index (χ0) is 22.4. The molecular weight excluding hydrogens is 420 g/mol. The molecule has 3 rings (SSSR count). The number of aliphatic hydroxyl groups excluding tert-OH is 2. The van der Waals surface area contributed by atoms with E-state index in [0.717, 1.165) is 17.5 Å². The minimum Gasteiger partial charge on any atom is -0.448 e. The fourth-order valence-corrected chi connectivity index (χ4v) is 3.91. The first kappa shape index (κ1) is 23.1. The number of halogens is 1. The van der Waals surface area contributed by atoms with Crippen LogP contribution in [0.25, 0.3) is 0 Å². The molecule has 1 fully saturated rings. The molecule has 0 aliphatic heterocycles. The van der Waals surface area contributed by atoms with Crippen molar-refractivity contribution in [2.45, 2.75) is 44.9 Å². The molecule has 31 heavy (non-hydrogen) atoms. The number of nitrogens with one attached hydrogen (secondary N) is 2. The topological polar surface area (TPSA) is 108 Å². The molecule has 2 aromatic carbocycles. The minimum absolute atomic E-state index is 0.0129. The molecule has 166 valence electrons. The summed E-state index contributed by atoms with van der Waals surface area (Å²) in [5.41, 5.74) is 1.22. The zero-order valence-electron chi connectivity index (χ0n) is 17.3. The molecule has 8 heteroatoms. The maximum absolute atomic E-state index is 13.0. The van der Waals surface area contributed by atoms with E-state index in [2.05, 4.69) is 10.6 Å². The highest BCUT2D eigenvalue weighted by atomic mass is 35.5. The number of carbonyl (C=O) groups excluding carboxylic acids is 2. The zero-order valence-corrected chi connectivity index (χ0v) is 18.1. The first-order valence-corrected chi connectivity index (χ1v) is 10.6. The van der Waals surface area contributed by atoms with Crippen molar-refractivity contribution in [3.63, 3.8) is 0 Å². The summed E-state index contributed by atoms with van der Waals surface area (Å²) in [5.74, 6) is -0.414. The van der Waals surface area contributed by atoms with E-state index in [9.17, 15) is 19.8 Å². The van der Waals surface area contributed by atoms with E-state index < -0.39 is 29.6 Å². The van der Waals surface area contributed by atoms with Crippen molar-refractivity contribution >= 4 is 29.3 Å². The largest absolute Gasteiger partial charge is 0.448 e. The second kappa shape index (κ2) is 10.1. The van der Waals surface area contributed by atoms with Crippen LogP contribution in [0.2, 0.25) is 5.02 Å². The van der Waals surface area contributed by atoms with Gasteiger partial charge < -0.3 is 20.3 Å². The molecule has 1 aliphatic carbocycles. The van der Waals surface area contributed by atoms with Crippen molar-refractivity contribution in [1.29, 1.82) is 0 Å². The van der Waals surface area contributed by atoms with E-state index in [0.29, 0.717) is 10.7 Å². The minimum atomic E-state index is -1.23. The van der Waals surface area contributed by atoms with Crippen LogP contribution in [-0.4, -0.2) is 41.0 Å². The third-order valence-electron chi connectivity index (χ3n) is 5.61. The van der Waals surface area contributed by atoms with Gasteiger partial charge in [-0.1, -0.05) is 48.9 Å². The number of aryl methyl sites for hydroxylation is 1. The van der Waals surface area contributed by atoms with Gasteiger partial charge in [-0.15, -0.1) is 0 Å². The highest BCUT2D eigenvalue weighted by Gasteiger charge is 2.50. The van der Waals surface area contributed by atoms with Crippen LogP contribution < -0.4 is 10.6 Å². The molecule has 1 saturated carbocycles. The van der Waals surface area contributed by atoms with Crippen molar-refractivity contribution < 1.29 is 24.5 Å². The molecule has 0 aromatic heterocycles. The Morgan fingerprint density at radius 1 is 1.10 bits per heavy atom. The standard InChI is InChI=1S/C23H27ClN2O5/c1-2-15-7-9-17(10-8-15)26-22(30)31-14-23(11-19(27)20(28)12-23)21(29)25-13-16-5-3-4-6-18(16)24/h3-10,19-20,27-28H,2,11-14H2,1H3,(H,25,29)(H,26,30). The molecule has 7 nitrogen and oxygen atoms in total. The van der Waals surface area contributed by atoms with Crippen molar-refractivity contribution in [3.05, 3.63) is 64.7 Å². The van der Waals surface area contributed by atoms with Crippen LogP contribution >= 0.6 is 11.6 Å². The van der Waals surface area contributed by atoms with Crippen LogP contribution in [0.5, 0.6) is 0 Å². The van der Waals surface area contributed by atoms with Gasteiger partial charge in [-0.3, -0.25) is 10.1 Å². The summed E-state index contributed by atoms with van der Waals surface area (Å²) in [6.45, 7) is 1.95. The van der Waals surface area contributed by atoms with Gasteiger partial charge in [0.25, 0.3) is 0 Å². The molecule has 0 radical (unpaired) electrons. The van der Waals surface area contributed by atoms with E-state index in [4.69, 9.17) is 16.3 Å². The van der Waals surface area contributed by atoms with Gasteiger partial charge in [-0.05, 0) is 48.6 Å². The molecule has 2 aromatic rings. The normalized spacial score (nSPS) is 22.7. The predicted octanol–water partition coefficient (Wildman–Crippen LogP) is 3.27. The molecule has 0 spiro atoms. The van der Waals surface area contributed by atoms with Crippen LogP contribution in [-0.2, 0) is 22.5 Å². The van der Waals surface area contributed by atoms with Gasteiger partial charge >= 0.3 is 6.09 Å².